The highest BCUT2D eigenvalue weighted by Gasteiger charge is 2.26. The monoisotopic (exact) mass is 349 g/mol. The van der Waals surface area contributed by atoms with Crippen molar-refractivity contribution in [2.24, 2.45) is 11.7 Å². The minimum atomic E-state index is -0.615. The molecule has 1 aliphatic rings. The van der Waals surface area contributed by atoms with E-state index >= 15 is 0 Å². The molecule has 1 saturated heterocycles. The first kappa shape index (κ1) is 18.1. The summed E-state index contributed by atoms with van der Waals surface area (Å²) in [5.74, 6) is 0.0282. The van der Waals surface area contributed by atoms with Crippen molar-refractivity contribution in [2.75, 3.05) is 13.2 Å². The van der Waals surface area contributed by atoms with Crippen molar-refractivity contribution < 1.29 is 9.53 Å². The Morgan fingerprint density at radius 3 is 2.50 bits per heavy atom. The standard InChI is InChI=1S/C21H23N3O2/c22-13-15-6-8-18(9-7-15)20(21(23)25)24-19(12-16-10-11-26-14-16)17-4-2-1-3-5-17/h1-9,16,19-20,24H,10-12,14H2,(H2,23,25)/t16-,19+,20-/m0/s1. The van der Waals surface area contributed by atoms with Crippen LogP contribution in [0.15, 0.2) is 54.6 Å². The van der Waals surface area contributed by atoms with Crippen LogP contribution < -0.4 is 11.1 Å². The zero-order valence-corrected chi connectivity index (χ0v) is 14.6. The molecule has 5 nitrogen and oxygen atoms in total. The van der Waals surface area contributed by atoms with Gasteiger partial charge in [0.25, 0.3) is 0 Å². The molecule has 1 heterocycles. The second-order valence-corrected chi connectivity index (χ2v) is 6.66. The van der Waals surface area contributed by atoms with Crippen LogP contribution in [0.4, 0.5) is 0 Å². The van der Waals surface area contributed by atoms with E-state index in [1.165, 1.54) is 0 Å². The summed E-state index contributed by atoms with van der Waals surface area (Å²) in [6.45, 7) is 1.55. The number of nitrogens with one attached hydrogen (secondary N) is 1. The first-order chi connectivity index (χ1) is 12.7. The fourth-order valence-electron chi connectivity index (χ4n) is 3.38. The van der Waals surface area contributed by atoms with Crippen molar-refractivity contribution in [3.63, 3.8) is 0 Å². The smallest absolute Gasteiger partial charge is 0.239 e. The van der Waals surface area contributed by atoms with Gasteiger partial charge in [-0.1, -0.05) is 42.5 Å². The Bertz CT molecular complexity index is 762. The summed E-state index contributed by atoms with van der Waals surface area (Å²) in [5.41, 5.74) is 8.13. The van der Waals surface area contributed by atoms with Gasteiger partial charge >= 0.3 is 0 Å². The molecular formula is C21H23N3O2. The second-order valence-electron chi connectivity index (χ2n) is 6.66. The molecule has 26 heavy (non-hydrogen) atoms. The normalized spacial score (nSPS) is 18.8. The molecule has 5 heteroatoms. The molecule has 0 unspecified atom stereocenters. The van der Waals surface area contributed by atoms with Gasteiger partial charge in [0, 0.05) is 19.3 Å². The summed E-state index contributed by atoms with van der Waals surface area (Å²) in [7, 11) is 0. The van der Waals surface area contributed by atoms with Gasteiger partial charge in [-0.3, -0.25) is 10.1 Å². The molecule has 3 atom stereocenters. The van der Waals surface area contributed by atoms with Crippen molar-refractivity contribution in [3.05, 3.63) is 71.3 Å². The van der Waals surface area contributed by atoms with E-state index < -0.39 is 11.9 Å². The highest BCUT2D eigenvalue weighted by Crippen LogP contribution is 2.29. The average Bonchev–Trinajstić information content (AvgIpc) is 3.19. The molecule has 1 amide bonds. The van der Waals surface area contributed by atoms with Crippen molar-refractivity contribution in [1.82, 2.24) is 5.32 Å². The van der Waals surface area contributed by atoms with Gasteiger partial charge in [-0.15, -0.1) is 0 Å². The van der Waals surface area contributed by atoms with Gasteiger partial charge in [0.05, 0.1) is 11.6 Å². The van der Waals surface area contributed by atoms with Crippen molar-refractivity contribution in [1.29, 1.82) is 5.26 Å². The van der Waals surface area contributed by atoms with Gasteiger partial charge in [0.15, 0.2) is 0 Å². The van der Waals surface area contributed by atoms with E-state index in [0.717, 1.165) is 37.2 Å². The fraction of sp³-hybridized carbons (Fsp3) is 0.333. The minimum Gasteiger partial charge on any atom is -0.381 e. The van der Waals surface area contributed by atoms with Crippen LogP contribution in [0, 0.1) is 17.2 Å². The van der Waals surface area contributed by atoms with E-state index in [1.807, 2.05) is 18.2 Å². The van der Waals surface area contributed by atoms with Gasteiger partial charge in [-0.2, -0.15) is 5.26 Å². The molecule has 2 aromatic carbocycles. The highest BCUT2D eigenvalue weighted by atomic mass is 16.5. The third kappa shape index (κ3) is 4.48. The van der Waals surface area contributed by atoms with Gasteiger partial charge in [0.2, 0.25) is 5.91 Å². The molecule has 134 valence electrons. The summed E-state index contributed by atoms with van der Waals surface area (Å²) in [5, 5.41) is 12.4. The van der Waals surface area contributed by atoms with Crippen LogP contribution in [0.2, 0.25) is 0 Å². The topological polar surface area (TPSA) is 88.1 Å². The first-order valence-electron chi connectivity index (χ1n) is 8.85. The van der Waals surface area contributed by atoms with Crippen LogP contribution in [0.25, 0.3) is 0 Å². The van der Waals surface area contributed by atoms with Gasteiger partial charge in [-0.05, 0) is 42.0 Å². The number of nitrogens with two attached hydrogens (primary N) is 1. The minimum absolute atomic E-state index is 0.00366. The summed E-state index contributed by atoms with van der Waals surface area (Å²) < 4.78 is 5.51. The molecule has 1 aliphatic heterocycles. The fourth-order valence-corrected chi connectivity index (χ4v) is 3.38. The second kappa shape index (κ2) is 8.61. The molecule has 3 N–H and O–H groups in total. The van der Waals surface area contributed by atoms with Crippen LogP contribution in [0.5, 0.6) is 0 Å². The Balaban J connectivity index is 1.83. The third-order valence-electron chi connectivity index (χ3n) is 4.82. The van der Waals surface area contributed by atoms with Crippen molar-refractivity contribution in [3.8, 4) is 6.07 Å². The number of carbonyl (C=O) groups is 1. The molecule has 0 aliphatic carbocycles. The lowest BCUT2D eigenvalue weighted by molar-refractivity contribution is -0.120. The van der Waals surface area contributed by atoms with Gasteiger partial charge in [-0.25, -0.2) is 0 Å². The molecular weight excluding hydrogens is 326 g/mol. The number of nitriles is 1. The molecule has 0 aromatic heterocycles. The highest BCUT2D eigenvalue weighted by molar-refractivity contribution is 5.81. The SMILES string of the molecule is N#Cc1ccc([C@H](N[C@H](C[C@@H]2CCOC2)c2ccccc2)C(N)=O)cc1. The summed E-state index contributed by atoms with van der Waals surface area (Å²) in [4.78, 5) is 12.1. The molecule has 1 fully saturated rings. The number of amides is 1. The van der Waals surface area contributed by atoms with E-state index in [1.54, 1.807) is 24.3 Å². The maximum absolute atomic E-state index is 12.1. The average molecular weight is 349 g/mol. The Morgan fingerprint density at radius 2 is 1.92 bits per heavy atom. The van der Waals surface area contributed by atoms with E-state index in [-0.39, 0.29) is 6.04 Å². The van der Waals surface area contributed by atoms with Crippen molar-refractivity contribution in [2.45, 2.75) is 24.9 Å². The lowest BCUT2D eigenvalue weighted by atomic mass is 9.92. The Kier molecular flexibility index (Phi) is 6.00. The number of carbonyl (C=O) groups excluding carboxylic acids is 1. The number of nitrogens with zero attached hydrogens (tertiary/aromatic N) is 1. The zero-order valence-electron chi connectivity index (χ0n) is 14.6. The Hall–Kier alpha value is -2.68. The molecule has 0 bridgehead atoms. The first-order valence-corrected chi connectivity index (χ1v) is 8.85. The maximum atomic E-state index is 12.1. The predicted molar refractivity (Wildman–Crippen MR) is 99.0 cm³/mol. The lowest BCUT2D eigenvalue weighted by Crippen LogP contribution is -2.37. The number of benzene rings is 2. The Labute approximate surface area is 153 Å². The number of primary amides is 1. The number of rotatable bonds is 7. The van der Waals surface area contributed by atoms with E-state index in [9.17, 15) is 4.79 Å². The van der Waals surface area contributed by atoms with Crippen LogP contribution >= 0.6 is 0 Å². The number of hydrogen-bond donors (Lipinski definition) is 2. The largest absolute Gasteiger partial charge is 0.381 e. The quantitative estimate of drug-likeness (QED) is 0.804. The van der Waals surface area contributed by atoms with Gasteiger partial charge in [0.1, 0.15) is 6.04 Å². The van der Waals surface area contributed by atoms with Crippen LogP contribution in [-0.4, -0.2) is 19.1 Å². The summed E-state index contributed by atoms with van der Waals surface area (Å²) in [6, 6.07) is 18.5. The van der Waals surface area contributed by atoms with Crippen LogP contribution in [-0.2, 0) is 9.53 Å². The van der Waals surface area contributed by atoms with E-state index in [2.05, 4.69) is 23.5 Å². The molecule has 0 saturated carbocycles. The molecule has 0 spiro atoms. The molecule has 2 aromatic rings. The van der Waals surface area contributed by atoms with Gasteiger partial charge < -0.3 is 10.5 Å². The third-order valence-corrected chi connectivity index (χ3v) is 4.82. The van der Waals surface area contributed by atoms with Crippen molar-refractivity contribution >= 4 is 5.91 Å². The molecule has 3 rings (SSSR count). The molecule has 0 radical (unpaired) electrons. The number of ether oxygens (including phenoxy) is 1. The Morgan fingerprint density at radius 1 is 1.19 bits per heavy atom. The van der Waals surface area contributed by atoms with E-state index in [0.29, 0.717) is 11.5 Å². The number of hydrogen-bond acceptors (Lipinski definition) is 4. The zero-order chi connectivity index (χ0) is 18.4. The summed E-state index contributed by atoms with van der Waals surface area (Å²) in [6.07, 6.45) is 1.91. The lowest BCUT2D eigenvalue weighted by Gasteiger charge is -2.26. The van der Waals surface area contributed by atoms with E-state index in [4.69, 9.17) is 15.7 Å². The van der Waals surface area contributed by atoms with Crippen LogP contribution in [0.3, 0.4) is 0 Å². The van der Waals surface area contributed by atoms with Crippen LogP contribution in [0.1, 0.15) is 41.6 Å². The predicted octanol–water partition coefficient (Wildman–Crippen LogP) is 2.84. The maximum Gasteiger partial charge on any atom is 0.239 e. The summed E-state index contributed by atoms with van der Waals surface area (Å²) >= 11 is 0.